The van der Waals surface area contributed by atoms with Crippen LogP contribution in [-0.2, 0) is 34.1 Å². The predicted octanol–water partition coefficient (Wildman–Crippen LogP) is 3.27. The van der Waals surface area contributed by atoms with Crippen molar-refractivity contribution in [1.29, 1.82) is 0 Å². The smallest absolute Gasteiger partial charge is 0.261 e. The fraction of sp³-hybridized carbons (Fsp3) is 0.350. The van der Waals surface area contributed by atoms with E-state index in [2.05, 4.69) is 4.72 Å². The average molecular weight is 370 g/mol. The second-order valence-corrected chi connectivity index (χ2v) is 8.86. The monoisotopic (exact) mass is 370 g/mol. The Morgan fingerprint density at radius 1 is 1.08 bits per heavy atom. The Bertz CT molecular complexity index is 998. The maximum absolute atomic E-state index is 12.8. The van der Waals surface area contributed by atoms with E-state index in [1.54, 1.807) is 23.1 Å². The summed E-state index contributed by atoms with van der Waals surface area (Å²) in [4.78, 5) is 13.8. The van der Waals surface area contributed by atoms with Crippen LogP contribution in [0, 0.1) is 0 Å². The van der Waals surface area contributed by atoms with Crippen LogP contribution in [0.1, 0.15) is 37.0 Å². The number of amides is 1. The highest BCUT2D eigenvalue weighted by molar-refractivity contribution is 7.92. The molecule has 1 aliphatic heterocycles. The molecule has 1 atom stereocenters. The van der Waals surface area contributed by atoms with Crippen molar-refractivity contribution in [2.45, 2.75) is 50.5 Å². The molecule has 0 fully saturated rings. The van der Waals surface area contributed by atoms with E-state index in [-0.39, 0.29) is 16.8 Å². The second kappa shape index (κ2) is 6.13. The van der Waals surface area contributed by atoms with E-state index in [0.717, 1.165) is 30.5 Å². The molecule has 0 bridgehead atoms. The third-order valence-corrected chi connectivity index (χ3v) is 6.65. The van der Waals surface area contributed by atoms with E-state index in [9.17, 15) is 13.2 Å². The Morgan fingerprint density at radius 3 is 2.62 bits per heavy atom. The lowest BCUT2D eigenvalue weighted by Gasteiger charge is -2.20. The number of sulfonamides is 1. The summed E-state index contributed by atoms with van der Waals surface area (Å²) in [5.41, 5.74) is 4.84. The van der Waals surface area contributed by atoms with Crippen LogP contribution in [0.25, 0.3) is 0 Å². The number of aryl methyl sites for hydroxylation is 2. The van der Waals surface area contributed by atoms with Gasteiger partial charge in [0.15, 0.2) is 0 Å². The maximum atomic E-state index is 12.8. The van der Waals surface area contributed by atoms with Crippen molar-refractivity contribution >= 4 is 27.3 Å². The van der Waals surface area contributed by atoms with E-state index in [4.69, 9.17) is 0 Å². The number of rotatable bonds is 3. The standard InChI is InChI=1S/C20H22N2O3S/c1-13-10-17-12-19(8-9-20(17)22(13)14(2)23)26(24,25)21-18-7-6-15-4-3-5-16(15)11-18/h6-9,11-13,21H,3-5,10H2,1-2H3/t13-/m0/s1. The molecular weight excluding hydrogens is 348 g/mol. The highest BCUT2D eigenvalue weighted by atomic mass is 32.2. The molecule has 136 valence electrons. The zero-order chi connectivity index (χ0) is 18.5. The van der Waals surface area contributed by atoms with Gasteiger partial charge in [-0.15, -0.1) is 0 Å². The number of carbonyl (C=O) groups excluding carboxylic acids is 1. The fourth-order valence-corrected chi connectivity index (χ4v) is 5.20. The van der Waals surface area contributed by atoms with Crippen molar-refractivity contribution in [2.24, 2.45) is 0 Å². The molecular formula is C20H22N2O3S. The van der Waals surface area contributed by atoms with Gasteiger partial charge in [-0.3, -0.25) is 9.52 Å². The maximum Gasteiger partial charge on any atom is 0.261 e. The molecule has 0 spiro atoms. The Hall–Kier alpha value is -2.34. The number of nitrogens with one attached hydrogen (secondary N) is 1. The zero-order valence-electron chi connectivity index (χ0n) is 15.0. The predicted molar refractivity (Wildman–Crippen MR) is 102 cm³/mol. The molecule has 1 amide bonds. The lowest BCUT2D eigenvalue weighted by atomic mass is 10.1. The first-order chi connectivity index (χ1) is 12.3. The van der Waals surface area contributed by atoms with E-state index < -0.39 is 10.0 Å². The van der Waals surface area contributed by atoms with Gasteiger partial charge in [-0.05, 0) is 79.6 Å². The van der Waals surface area contributed by atoms with Gasteiger partial charge in [0.25, 0.3) is 10.0 Å². The lowest BCUT2D eigenvalue weighted by Crippen LogP contribution is -2.33. The van der Waals surface area contributed by atoms with E-state index in [0.29, 0.717) is 12.1 Å². The third-order valence-electron chi connectivity index (χ3n) is 5.27. The lowest BCUT2D eigenvalue weighted by molar-refractivity contribution is -0.116. The van der Waals surface area contributed by atoms with Gasteiger partial charge in [-0.25, -0.2) is 8.42 Å². The Kier molecular flexibility index (Phi) is 4.03. The molecule has 0 unspecified atom stereocenters. The minimum Gasteiger partial charge on any atom is -0.309 e. The van der Waals surface area contributed by atoms with Crippen LogP contribution >= 0.6 is 0 Å². The molecule has 0 aromatic heterocycles. The number of nitrogens with zero attached hydrogens (tertiary/aromatic N) is 1. The summed E-state index contributed by atoms with van der Waals surface area (Å²) in [6, 6.07) is 10.8. The summed E-state index contributed by atoms with van der Waals surface area (Å²) in [5, 5.41) is 0. The van der Waals surface area contributed by atoms with Gasteiger partial charge < -0.3 is 4.90 Å². The quantitative estimate of drug-likeness (QED) is 0.902. The van der Waals surface area contributed by atoms with E-state index in [1.807, 2.05) is 25.1 Å². The summed E-state index contributed by atoms with van der Waals surface area (Å²) in [7, 11) is -3.66. The van der Waals surface area contributed by atoms with E-state index >= 15 is 0 Å². The van der Waals surface area contributed by atoms with Crippen LogP contribution in [0.4, 0.5) is 11.4 Å². The van der Waals surface area contributed by atoms with Crippen LogP contribution in [0.3, 0.4) is 0 Å². The number of anilines is 2. The van der Waals surface area contributed by atoms with Gasteiger partial charge >= 0.3 is 0 Å². The second-order valence-electron chi connectivity index (χ2n) is 7.18. The highest BCUT2D eigenvalue weighted by Gasteiger charge is 2.30. The molecule has 26 heavy (non-hydrogen) atoms. The molecule has 1 N–H and O–H groups in total. The Balaban J connectivity index is 1.63. The highest BCUT2D eigenvalue weighted by Crippen LogP contribution is 2.34. The molecule has 5 nitrogen and oxygen atoms in total. The molecule has 6 heteroatoms. The van der Waals surface area contributed by atoms with Crippen LogP contribution in [-0.4, -0.2) is 20.4 Å². The summed E-state index contributed by atoms with van der Waals surface area (Å²) in [6.07, 6.45) is 3.86. The van der Waals surface area contributed by atoms with Crippen molar-refractivity contribution < 1.29 is 13.2 Å². The molecule has 2 aromatic rings. The van der Waals surface area contributed by atoms with Gasteiger partial charge in [0.1, 0.15) is 0 Å². The SMILES string of the molecule is CC(=O)N1c2ccc(S(=O)(=O)Nc3ccc4c(c3)CCC4)cc2C[C@@H]1C. The molecule has 0 saturated carbocycles. The average Bonchev–Trinajstić information content (AvgIpc) is 3.15. The van der Waals surface area contributed by atoms with Crippen LogP contribution in [0.15, 0.2) is 41.3 Å². The molecule has 1 aliphatic carbocycles. The first-order valence-electron chi connectivity index (χ1n) is 8.92. The summed E-state index contributed by atoms with van der Waals surface area (Å²) in [5.74, 6) is -0.0249. The number of hydrogen-bond acceptors (Lipinski definition) is 3. The first-order valence-corrected chi connectivity index (χ1v) is 10.4. The zero-order valence-corrected chi connectivity index (χ0v) is 15.8. The third kappa shape index (κ3) is 2.88. The molecule has 0 saturated heterocycles. The van der Waals surface area contributed by atoms with Crippen molar-refractivity contribution in [1.82, 2.24) is 0 Å². The number of benzene rings is 2. The fourth-order valence-electron chi connectivity index (χ4n) is 4.10. The molecule has 1 heterocycles. The van der Waals surface area contributed by atoms with Crippen molar-refractivity contribution in [3.05, 3.63) is 53.1 Å². The Labute approximate surface area is 154 Å². The summed E-state index contributed by atoms with van der Waals surface area (Å²) < 4.78 is 28.3. The van der Waals surface area contributed by atoms with Gasteiger partial charge in [-0.1, -0.05) is 6.07 Å². The van der Waals surface area contributed by atoms with Crippen molar-refractivity contribution in [3.63, 3.8) is 0 Å². The molecule has 4 rings (SSSR count). The number of carbonyl (C=O) groups is 1. The molecule has 2 aromatic carbocycles. The number of fused-ring (bicyclic) bond motifs is 2. The van der Waals surface area contributed by atoms with Crippen LogP contribution in [0.2, 0.25) is 0 Å². The summed E-state index contributed by atoms with van der Waals surface area (Å²) in [6.45, 7) is 3.50. The van der Waals surface area contributed by atoms with Gasteiger partial charge in [0.2, 0.25) is 5.91 Å². The minimum absolute atomic E-state index is 0.0249. The van der Waals surface area contributed by atoms with Crippen LogP contribution in [0.5, 0.6) is 0 Å². The van der Waals surface area contributed by atoms with E-state index in [1.165, 1.54) is 18.1 Å². The summed E-state index contributed by atoms with van der Waals surface area (Å²) >= 11 is 0. The van der Waals surface area contributed by atoms with Crippen molar-refractivity contribution in [2.75, 3.05) is 9.62 Å². The van der Waals surface area contributed by atoms with Gasteiger partial charge in [0.05, 0.1) is 4.90 Å². The first kappa shape index (κ1) is 17.1. The number of hydrogen-bond donors (Lipinski definition) is 1. The largest absolute Gasteiger partial charge is 0.309 e. The molecule has 0 radical (unpaired) electrons. The minimum atomic E-state index is -3.66. The normalized spacial score (nSPS) is 18.5. The van der Waals surface area contributed by atoms with Crippen molar-refractivity contribution in [3.8, 4) is 0 Å². The van der Waals surface area contributed by atoms with Gasteiger partial charge in [-0.2, -0.15) is 0 Å². The topological polar surface area (TPSA) is 66.5 Å². The van der Waals surface area contributed by atoms with Crippen LogP contribution < -0.4 is 9.62 Å². The molecule has 2 aliphatic rings. The Morgan fingerprint density at radius 2 is 1.85 bits per heavy atom. The van der Waals surface area contributed by atoms with Gasteiger partial charge in [0, 0.05) is 24.3 Å².